The lowest BCUT2D eigenvalue weighted by molar-refractivity contribution is -0.138. The number of carbonyl (C=O) groups excluding carboxylic acids is 1. The van der Waals surface area contributed by atoms with E-state index in [1.165, 1.54) is 15.9 Å². The number of aromatic nitrogens is 1. The van der Waals surface area contributed by atoms with Gasteiger partial charge in [0.05, 0.1) is 24.5 Å². The van der Waals surface area contributed by atoms with Crippen LogP contribution in [0.3, 0.4) is 0 Å². The Morgan fingerprint density at radius 1 is 1.48 bits per heavy atom. The number of hydrogen-bond donors (Lipinski definition) is 0. The first-order chi connectivity index (χ1) is 12.1. The number of ether oxygens (including phenoxy) is 1. The predicted octanol–water partition coefficient (Wildman–Crippen LogP) is 1.93. The summed E-state index contributed by atoms with van der Waals surface area (Å²) in [5, 5.41) is 0. The zero-order valence-electron chi connectivity index (χ0n) is 14.4. The summed E-state index contributed by atoms with van der Waals surface area (Å²) in [6.07, 6.45) is 4.86. The van der Waals surface area contributed by atoms with Gasteiger partial charge < -0.3 is 9.15 Å². The number of allylic oxidation sites excluding steroid dienone is 1. The summed E-state index contributed by atoms with van der Waals surface area (Å²) >= 11 is 1.30. The van der Waals surface area contributed by atoms with Crippen LogP contribution in [-0.4, -0.2) is 23.2 Å². The van der Waals surface area contributed by atoms with Gasteiger partial charge >= 0.3 is 5.97 Å². The molecule has 0 saturated carbocycles. The fourth-order valence-electron chi connectivity index (χ4n) is 2.89. The fourth-order valence-corrected chi connectivity index (χ4v) is 3.93. The summed E-state index contributed by atoms with van der Waals surface area (Å²) in [7, 11) is 0. The third-order valence-corrected chi connectivity index (χ3v) is 4.99. The lowest BCUT2D eigenvalue weighted by Crippen LogP contribution is -2.37. The molecule has 2 aromatic rings. The number of furan rings is 1. The van der Waals surface area contributed by atoms with Gasteiger partial charge in [-0.15, -0.1) is 0 Å². The van der Waals surface area contributed by atoms with Gasteiger partial charge in [-0.25, -0.2) is 9.79 Å². The number of thiazole rings is 1. The molecule has 0 bridgehead atoms. The Balaban J connectivity index is 2.20. The Morgan fingerprint density at radius 3 is 2.92 bits per heavy atom. The molecule has 3 heterocycles. The van der Waals surface area contributed by atoms with Gasteiger partial charge in [0.2, 0.25) is 0 Å². The van der Waals surface area contributed by atoms with E-state index in [2.05, 4.69) is 4.99 Å². The van der Waals surface area contributed by atoms with E-state index < -0.39 is 5.97 Å². The molecule has 132 valence electrons. The van der Waals surface area contributed by atoms with Gasteiger partial charge in [0.25, 0.3) is 5.56 Å². The molecular weight excluding hydrogens is 340 g/mol. The molecule has 0 aromatic carbocycles. The molecule has 0 unspecified atom stereocenters. The van der Waals surface area contributed by atoms with E-state index in [0.717, 1.165) is 12.8 Å². The van der Waals surface area contributed by atoms with Crippen LogP contribution in [-0.2, 0) is 9.53 Å². The summed E-state index contributed by atoms with van der Waals surface area (Å²) in [6.45, 7) is 5.87. The quantitative estimate of drug-likeness (QED) is 0.764. The largest absolute Gasteiger partial charge is 0.465 e. The van der Waals surface area contributed by atoms with E-state index >= 15 is 0 Å². The van der Waals surface area contributed by atoms with E-state index in [1.807, 2.05) is 6.92 Å². The minimum atomic E-state index is -0.400. The molecule has 0 saturated heterocycles. The van der Waals surface area contributed by atoms with Crippen LogP contribution in [0.4, 0.5) is 0 Å². The molecule has 0 amide bonds. The Hall–Kier alpha value is -2.41. The summed E-state index contributed by atoms with van der Waals surface area (Å²) < 4.78 is 12.5. The molecule has 6 nitrogen and oxygen atoms in total. The Kier molecular flexibility index (Phi) is 5.03. The van der Waals surface area contributed by atoms with E-state index in [-0.39, 0.29) is 18.2 Å². The third-order valence-electron chi connectivity index (χ3n) is 4.01. The van der Waals surface area contributed by atoms with Crippen molar-refractivity contribution in [3.8, 4) is 0 Å². The van der Waals surface area contributed by atoms with Gasteiger partial charge in [-0.3, -0.25) is 9.36 Å². The van der Waals surface area contributed by atoms with Gasteiger partial charge in [0.1, 0.15) is 10.3 Å². The second-order valence-corrected chi connectivity index (χ2v) is 6.71. The van der Waals surface area contributed by atoms with Crippen molar-refractivity contribution in [2.24, 2.45) is 4.99 Å². The lowest BCUT2D eigenvalue weighted by atomic mass is 10.00. The second-order valence-electron chi connectivity index (χ2n) is 5.70. The molecule has 0 radical (unpaired) electrons. The van der Waals surface area contributed by atoms with E-state index in [0.29, 0.717) is 26.4 Å². The molecular formula is C18H20N2O4S. The van der Waals surface area contributed by atoms with Gasteiger partial charge in [-0.2, -0.15) is 0 Å². The maximum atomic E-state index is 12.8. The van der Waals surface area contributed by atoms with Crippen LogP contribution in [0.15, 0.2) is 38.2 Å². The number of rotatable bonds is 5. The topological polar surface area (TPSA) is 73.8 Å². The first-order valence-corrected chi connectivity index (χ1v) is 9.11. The zero-order chi connectivity index (χ0) is 18.0. The molecule has 0 N–H and O–H groups in total. The van der Waals surface area contributed by atoms with Crippen LogP contribution in [0.5, 0.6) is 0 Å². The van der Waals surface area contributed by atoms with E-state index in [9.17, 15) is 9.59 Å². The molecule has 0 aliphatic carbocycles. The van der Waals surface area contributed by atoms with E-state index in [4.69, 9.17) is 9.15 Å². The van der Waals surface area contributed by atoms with Crippen molar-refractivity contribution in [3.05, 3.63) is 49.4 Å². The van der Waals surface area contributed by atoms with Crippen molar-refractivity contribution < 1.29 is 13.9 Å². The van der Waals surface area contributed by atoms with Gasteiger partial charge in [-0.05, 0) is 32.4 Å². The van der Waals surface area contributed by atoms with Crippen molar-refractivity contribution in [2.45, 2.75) is 39.7 Å². The van der Waals surface area contributed by atoms with Crippen LogP contribution < -0.4 is 14.9 Å². The molecule has 1 aliphatic rings. The normalized spacial score (nSPS) is 17.4. The summed E-state index contributed by atoms with van der Waals surface area (Å²) in [4.78, 5) is 30.5. The predicted molar refractivity (Wildman–Crippen MR) is 95.9 cm³/mol. The van der Waals surface area contributed by atoms with Gasteiger partial charge in [0.15, 0.2) is 4.80 Å². The SMILES string of the molecule is CCC[C@H]1N=c2s/c(=C/c3ccco3)c(=O)n2C(C)=C1C(=O)OCC. The molecule has 1 aliphatic heterocycles. The van der Waals surface area contributed by atoms with Crippen LogP contribution in [0.2, 0.25) is 0 Å². The number of fused-ring (bicyclic) bond motifs is 1. The monoisotopic (exact) mass is 360 g/mol. The molecule has 7 heteroatoms. The van der Waals surface area contributed by atoms with Crippen LogP contribution in [0, 0.1) is 0 Å². The average Bonchev–Trinajstić information content (AvgIpc) is 3.17. The Labute approximate surface area is 148 Å². The molecule has 2 aromatic heterocycles. The van der Waals surface area contributed by atoms with E-state index in [1.54, 1.807) is 38.3 Å². The minimum absolute atomic E-state index is 0.200. The Morgan fingerprint density at radius 2 is 2.28 bits per heavy atom. The highest BCUT2D eigenvalue weighted by molar-refractivity contribution is 7.07. The highest BCUT2D eigenvalue weighted by Gasteiger charge is 2.29. The van der Waals surface area contributed by atoms with Crippen LogP contribution in [0.1, 0.15) is 39.4 Å². The maximum Gasteiger partial charge on any atom is 0.337 e. The second kappa shape index (κ2) is 7.23. The number of nitrogens with zero attached hydrogens (tertiary/aromatic N) is 2. The van der Waals surface area contributed by atoms with Crippen LogP contribution in [0.25, 0.3) is 11.8 Å². The van der Waals surface area contributed by atoms with Gasteiger partial charge in [0, 0.05) is 11.8 Å². The molecule has 0 fully saturated rings. The average molecular weight is 360 g/mol. The summed E-state index contributed by atoms with van der Waals surface area (Å²) in [5.41, 5.74) is 0.872. The molecule has 0 spiro atoms. The number of carbonyl (C=O) groups is 1. The van der Waals surface area contributed by atoms with Crippen molar-refractivity contribution in [3.63, 3.8) is 0 Å². The summed E-state index contributed by atoms with van der Waals surface area (Å²) in [6, 6.07) is 3.27. The highest BCUT2D eigenvalue weighted by atomic mass is 32.1. The Bertz CT molecular complexity index is 979. The zero-order valence-corrected chi connectivity index (χ0v) is 15.3. The van der Waals surface area contributed by atoms with Crippen molar-refractivity contribution in [1.29, 1.82) is 0 Å². The first-order valence-electron chi connectivity index (χ1n) is 8.30. The smallest absolute Gasteiger partial charge is 0.337 e. The molecule has 25 heavy (non-hydrogen) atoms. The lowest BCUT2D eigenvalue weighted by Gasteiger charge is -2.21. The van der Waals surface area contributed by atoms with Crippen molar-refractivity contribution >= 4 is 29.1 Å². The van der Waals surface area contributed by atoms with Crippen LogP contribution >= 0.6 is 11.3 Å². The first kappa shape index (κ1) is 17.4. The summed E-state index contributed by atoms with van der Waals surface area (Å²) in [5.74, 6) is 0.205. The standard InChI is InChI=1S/C18H20N2O4S/c1-4-7-13-15(17(22)23-5-2)11(3)20-16(21)14(25-18(20)19-13)10-12-8-6-9-24-12/h6,8-10,13H,4-5,7H2,1-3H3/b14-10+/t13-/m1/s1. The minimum Gasteiger partial charge on any atom is -0.465 e. The molecule has 3 rings (SSSR count). The number of esters is 1. The maximum absolute atomic E-state index is 12.8. The fraction of sp³-hybridized carbons (Fsp3) is 0.389. The number of hydrogen-bond acceptors (Lipinski definition) is 6. The highest BCUT2D eigenvalue weighted by Crippen LogP contribution is 2.22. The van der Waals surface area contributed by atoms with Gasteiger partial charge in [-0.1, -0.05) is 24.7 Å². The third kappa shape index (κ3) is 3.24. The van der Waals surface area contributed by atoms with Crippen molar-refractivity contribution in [1.82, 2.24) is 4.57 Å². The van der Waals surface area contributed by atoms with Crippen molar-refractivity contribution in [2.75, 3.05) is 6.61 Å². The molecule has 1 atom stereocenters.